The van der Waals surface area contributed by atoms with E-state index >= 15 is 0 Å². The Labute approximate surface area is 133 Å². The smallest absolute Gasteiger partial charge is 0.0254 e. The summed E-state index contributed by atoms with van der Waals surface area (Å²) >= 11 is 0. The van der Waals surface area contributed by atoms with Gasteiger partial charge in [-0.1, -0.05) is 34.1 Å². The first-order valence-corrected chi connectivity index (χ1v) is 9.64. The van der Waals surface area contributed by atoms with Crippen LogP contribution in [0.5, 0.6) is 0 Å². The molecule has 2 fully saturated rings. The maximum absolute atomic E-state index is 3.88. The van der Waals surface area contributed by atoms with Crippen molar-refractivity contribution in [2.75, 3.05) is 13.1 Å². The van der Waals surface area contributed by atoms with Gasteiger partial charge in [-0.05, 0) is 69.9 Å². The third-order valence-corrected chi connectivity index (χ3v) is 5.57. The minimum Gasteiger partial charge on any atom is -0.312 e. The fraction of sp³-hybridized carbons (Fsp3) is 1.00. The molecule has 2 saturated carbocycles. The predicted molar refractivity (Wildman–Crippen MR) is 92.7 cm³/mol. The molecule has 2 nitrogen and oxygen atoms in total. The van der Waals surface area contributed by atoms with Crippen LogP contribution in [-0.2, 0) is 0 Å². The van der Waals surface area contributed by atoms with Gasteiger partial charge in [-0.3, -0.25) is 4.90 Å². The Morgan fingerprint density at radius 2 is 1.86 bits per heavy atom. The molecule has 0 radical (unpaired) electrons. The highest BCUT2D eigenvalue weighted by molar-refractivity contribution is 4.97. The maximum Gasteiger partial charge on any atom is 0.0254 e. The third kappa shape index (κ3) is 5.25. The highest BCUT2D eigenvalue weighted by Crippen LogP contribution is 2.37. The van der Waals surface area contributed by atoms with Crippen LogP contribution in [-0.4, -0.2) is 36.1 Å². The standard InChI is InChI=1S/C19H38N2/c1-5-12-20-18-10-7-16(6-2)14-19(18)21(17-8-9-17)13-11-15(3)4/h15-20H,5-14H2,1-4H3. The average molecular weight is 295 g/mol. The average Bonchev–Trinajstić information content (AvgIpc) is 3.30. The number of nitrogens with zero attached hydrogens (tertiary/aromatic N) is 1. The van der Waals surface area contributed by atoms with E-state index in [1.54, 1.807) is 0 Å². The lowest BCUT2D eigenvalue weighted by Crippen LogP contribution is -2.54. The molecule has 1 N–H and O–H groups in total. The van der Waals surface area contributed by atoms with Gasteiger partial charge in [0, 0.05) is 18.1 Å². The Bertz CT molecular complexity index is 285. The zero-order chi connectivity index (χ0) is 15.2. The molecule has 0 amide bonds. The molecule has 124 valence electrons. The first-order chi connectivity index (χ1) is 10.2. The van der Waals surface area contributed by atoms with E-state index in [9.17, 15) is 0 Å². The highest BCUT2D eigenvalue weighted by atomic mass is 15.2. The summed E-state index contributed by atoms with van der Waals surface area (Å²) in [5.74, 6) is 1.80. The third-order valence-electron chi connectivity index (χ3n) is 5.57. The van der Waals surface area contributed by atoms with Crippen LogP contribution in [0, 0.1) is 11.8 Å². The molecule has 21 heavy (non-hydrogen) atoms. The zero-order valence-electron chi connectivity index (χ0n) is 14.9. The lowest BCUT2D eigenvalue weighted by molar-refractivity contribution is 0.0841. The molecule has 0 spiro atoms. The summed E-state index contributed by atoms with van der Waals surface area (Å²) in [4.78, 5) is 2.91. The Morgan fingerprint density at radius 3 is 2.43 bits per heavy atom. The van der Waals surface area contributed by atoms with Crippen LogP contribution in [0.3, 0.4) is 0 Å². The highest BCUT2D eigenvalue weighted by Gasteiger charge is 2.39. The summed E-state index contributed by atoms with van der Waals surface area (Å²) in [7, 11) is 0. The van der Waals surface area contributed by atoms with Gasteiger partial charge in [0.2, 0.25) is 0 Å². The summed E-state index contributed by atoms with van der Waals surface area (Å²) in [6.07, 6.45) is 11.2. The summed E-state index contributed by atoms with van der Waals surface area (Å²) in [5.41, 5.74) is 0. The van der Waals surface area contributed by atoms with Crippen molar-refractivity contribution in [3.8, 4) is 0 Å². The Morgan fingerprint density at radius 1 is 1.10 bits per heavy atom. The van der Waals surface area contributed by atoms with Crippen molar-refractivity contribution in [1.82, 2.24) is 10.2 Å². The van der Waals surface area contributed by atoms with Gasteiger partial charge in [0.25, 0.3) is 0 Å². The van der Waals surface area contributed by atoms with Crippen LogP contribution < -0.4 is 5.32 Å². The van der Waals surface area contributed by atoms with E-state index in [0.717, 1.165) is 30.0 Å². The zero-order valence-corrected chi connectivity index (χ0v) is 14.9. The van der Waals surface area contributed by atoms with Crippen LogP contribution in [0.4, 0.5) is 0 Å². The SMILES string of the molecule is CCCNC1CCC(CC)CC1N(CCC(C)C)C1CC1. The van der Waals surface area contributed by atoms with Crippen LogP contribution in [0.2, 0.25) is 0 Å². The Hall–Kier alpha value is -0.0800. The number of hydrogen-bond acceptors (Lipinski definition) is 2. The van der Waals surface area contributed by atoms with E-state index in [2.05, 4.69) is 37.9 Å². The molecule has 0 heterocycles. The fourth-order valence-corrected chi connectivity index (χ4v) is 3.97. The molecule has 3 atom stereocenters. The first kappa shape index (κ1) is 17.3. The van der Waals surface area contributed by atoms with E-state index in [1.807, 2.05) is 0 Å². The van der Waals surface area contributed by atoms with Gasteiger partial charge in [0.05, 0.1) is 0 Å². The van der Waals surface area contributed by atoms with Crippen molar-refractivity contribution in [2.24, 2.45) is 11.8 Å². The van der Waals surface area contributed by atoms with Gasteiger partial charge in [-0.15, -0.1) is 0 Å². The van der Waals surface area contributed by atoms with E-state index in [1.165, 1.54) is 64.5 Å². The minimum atomic E-state index is 0.750. The molecule has 2 heteroatoms. The van der Waals surface area contributed by atoms with Crippen LogP contribution in [0.25, 0.3) is 0 Å². The minimum absolute atomic E-state index is 0.750. The molecule has 2 aliphatic carbocycles. The Kier molecular flexibility index (Phi) is 7.01. The molecule has 2 rings (SSSR count). The second kappa shape index (κ2) is 8.53. The largest absolute Gasteiger partial charge is 0.312 e. The van der Waals surface area contributed by atoms with Crippen molar-refractivity contribution in [2.45, 2.75) is 97.2 Å². The van der Waals surface area contributed by atoms with Crippen LogP contribution in [0.15, 0.2) is 0 Å². The lowest BCUT2D eigenvalue weighted by atomic mass is 9.80. The molecule has 0 aromatic heterocycles. The van der Waals surface area contributed by atoms with Gasteiger partial charge in [0.15, 0.2) is 0 Å². The lowest BCUT2D eigenvalue weighted by Gasteiger charge is -2.43. The molecule has 0 aliphatic heterocycles. The predicted octanol–water partition coefficient (Wildman–Crippen LogP) is 4.44. The molecule has 3 unspecified atom stereocenters. The van der Waals surface area contributed by atoms with Gasteiger partial charge in [-0.25, -0.2) is 0 Å². The van der Waals surface area contributed by atoms with Crippen molar-refractivity contribution in [3.05, 3.63) is 0 Å². The Balaban J connectivity index is 1.99. The van der Waals surface area contributed by atoms with Gasteiger partial charge >= 0.3 is 0 Å². The van der Waals surface area contributed by atoms with Gasteiger partial charge in [0.1, 0.15) is 0 Å². The first-order valence-electron chi connectivity index (χ1n) is 9.64. The molecule has 0 aromatic rings. The van der Waals surface area contributed by atoms with E-state index in [0.29, 0.717) is 0 Å². The number of hydrogen-bond donors (Lipinski definition) is 1. The second-order valence-electron chi connectivity index (χ2n) is 7.87. The van der Waals surface area contributed by atoms with E-state index in [4.69, 9.17) is 0 Å². The van der Waals surface area contributed by atoms with Gasteiger partial charge < -0.3 is 5.32 Å². The number of nitrogens with one attached hydrogen (secondary N) is 1. The van der Waals surface area contributed by atoms with Crippen LogP contribution in [0.1, 0.15) is 79.1 Å². The van der Waals surface area contributed by atoms with E-state index in [-0.39, 0.29) is 0 Å². The molecule has 0 aromatic carbocycles. The van der Waals surface area contributed by atoms with Crippen molar-refractivity contribution < 1.29 is 0 Å². The molecule has 0 bridgehead atoms. The number of rotatable bonds is 9. The van der Waals surface area contributed by atoms with Crippen LogP contribution >= 0.6 is 0 Å². The monoisotopic (exact) mass is 294 g/mol. The molecule has 0 saturated heterocycles. The van der Waals surface area contributed by atoms with Gasteiger partial charge in [-0.2, -0.15) is 0 Å². The molecular weight excluding hydrogens is 256 g/mol. The maximum atomic E-state index is 3.88. The topological polar surface area (TPSA) is 15.3 Å². The quantitative estimate of drug-likeness (QED) is 0.676. The summed E-state index contributed by atoms with van der Waals surface area (Å²) in [6, 6.07) is 2.47. The fourth-order valence-electron chi connectivity index (χ4n) is 3.97. The summed E-state index contributed by atoms with van der Waals surface area (Å²) in [5, 5.41) is 3.88. The summed E-state index contributed by atoms with van der Waals surface area (Å²) in [6.45, 7) is 11.9. The molecule has 2 aliphatic rings. The van der Waals surface area contributed by atoms with Crippen molar-refractivity contribution >= 4 is 0 Å². The normalized spacial score (nSPS) is 30.3. The second-order valence-corrected chi connectivity index (χ2v) is 7.87. The summed E-state index contributed by atoms with van der Waals surface area (Å²) < 4.78 is 0. The van der Waals surface area contributed by atoms with Crippen molar-refractivity contribution in [1.29, 1.82) is 0 Å². The van der Waals surface area contributed by atoms with E-state index < -0.39 is 0 Å². The molecular formula is C19H38N2. The van der Waals surface area contributed by atoms with Crippen molar-refractivity contribution in [3.63, 3.8) is 0 Å².